The maximum absolute atomic E-state index is 14.9. The molecule has 3 unspecified atom stereocenters. The minimum Gasteiger partial charge on any atom is -0.203 e. The molecule has 4 rings (SSSR count). The van der Waals surface area contributed by atoms with E-state index in [1.807, 2.05) is 12.1 Å². The van der Waals surface area contributed by atoms with Crippen LogP contribution in [0, 0.1) is 29.4 Å². The van der Waals surface area contributed by atoms with Gasteiger partial charge in [-0.1, -0.05) is 70.1 Å². The van der Waals surface area contributed by atoms with Gasteiger partial charge in [-0.3, -0.25) is 0 Å². The number of allylic oxidation sites excluding steroid dienone is 2. The molecule has 0 radical (unpaired) electrons. The molecule has 1 aromatic carbocycles. The van der Waals surface area contributed by atoms with Crippen molar-refractivity contribution in [2.75, 3.05) is 0 Å². The average molecular weight is 373 g/mol. The third-order valence-corrected chi connectivity index (χ3v) is 7.38. The van der Waals surface area contributed by atoms with E-state index < -0.39 is 11.6 Å². The Morgan fingerprint density at radius 2 is 1.81 bits per heavy atom. The molecule has 0 amide bonds. The van der Waals surface area contributed by atoms with E-state index in [4.69, 9.17) is 0 Å². The second kappa shape index (κ2) is 8.45. The Morgan fingerprint density at radius 1 is 1.00 bits per heavy atom. The van der Waals surface area contributed by atoms with Gasteiger partial charge in [0.05, 0.1) is 0 Å². The van der Waals surface area contributed by atoms with Crippen molar-refractivity contribution in [3.63, 3.8) is 0 Å². The number of unbranched alkanes of at least 4 members (excludes halogenated alkanes) is 1. The Kier molecular flexibility index (Phi) is 5.99. The van der Waals surface area contributed by atoms with Crippen molar-refractivity contribution in [2.45, 2.75) is 89.9 Å². The lowest BCUT2D eigenvalue weighted by Gasteiger charge is -2.22. The van der Waals surface area contributed by atoms with Crippen LogP contribution in [0.3, 0.4) is 0 Å². The van der Waals surface area contributed by atoms with Crippen molar-refractivity contribution in [2.24, 2.45) is 17.8 Å². The molecule has 2 heteroatoms. The summed E-state index contributed by atoms with van der Waals surface area (Å²) in [4.78, 5) is 0. The van der Waals surface area contributed by atoms with Crippen molar-refractivity contribution in [3.8, 4) is 0 Å². The molecule has 0 nitrogen and oxygen atoms in total. The predicted octanol–water partition coefficient (Wildman–Crippen LogP) is 8.02. The molecule has 148 valence electrons. The maximum Gasteiger partial charge on any atom is 0.166 e. The minimum absolute atomic E-state index is 0.257. The number of benzene rings is 1. The SMILES string of the molecule is CCCCC1CC=C(c2ccc(C3CC3CC3CCCC3)c(F)c2F)CC1. The zero-order valence-electron chi connectivity index (χ0n) is 16.8. The van der Waals surface area contributed by atoms with Crippen molar-refractivity contribution in [1.82, 2.24) is 0 Å². The molecule has 3 aliphatic rings. The molecule has 3 aliphatic carbocycles. The summed E-state index contributed by atoms with van der Waals surface area (Å²) in [5, 5.41) is 0. The quantitative estimate of drug-likeness (QED) is 0.454. The van der Waals surface area contributed by atoms with E-state index in [0.717, 1.165) is 43.1 Å². The van der Waals surface area contributed by atoms with Crippen LogP contribution >= 0.6 is 0 Å². The summed E-state index contributed by atoms with van der Waals surface area (Å²) in [7, 11) is 0. The van der Waals surface area contributed by atoms with Gasteiger partial charge in [0.15, 0.2) is 11.6 Å². The van der Waals surface area contributed by atoms with Crippen LogP contribution in [0.2, 0.25) is 0 Å². The third kappa shape index (κ3) is 4.30. The fourth-order valence-corrected chi connectivity index (χ4v) is 5.55. The van der Waals surface area contributed by atoms with Gasteiger partial charge in [-0.05, 0) is 66.9 Å². The molecular formula is C25H34F2. The van der Waals surface area contributed by atoms with Gasteiger partial charge in [0, 0.05) is 5.56 Å². The molecule has 0 bridgehead atoms. The summed E-state index contributed by atoms with van der Waals surface area (Å²) >= 11 is 0. The van der Waals surface area contributed by atoms with Crippen LogP contribution in [-0.4, -0.2) is 0 Å². The van der Waals surface area contributed by atoms with Crippen molar-refractivity contribution < 1.29 is 8.78 Å². The largest absolute Gasteiger partial charge is 0.203 e. The van der Waals surface area contributed by atoms with Gasteiger partial charge in [0.1, 0.15) is 0 Å². The van der Waals surface area contributed by atoms with Crippen LogP contribution in [-0.2, 0) is 0 Å². The van der Waals surface area contributed by atoms with Gasteiger partial charge in [-0.2, -0.15) is 0 Å². The Hall–Kier alpha value is -1.18. The monoisotopic (exact) mass is 372 g/mol. The smallest absolute Gasteiger partial charge is 0.166 e. The lowest BCUT2D eigenvalue weighted by molar-refractivity contribution is 0.432. The second-order valence-electron chi connectivity index (χ2n) is 9.33. The first-order valence-electron chi connectivity index (χ1n) is 11.3. The summed E-state index contributed by atoms with van der Waals surface area (Å²) < 4.78 is 29.7. The minimum atomic E-state index is -0.600. The zero-order valence-corrected chi connectivity index (χ0v) is 16.8. The van der Waals surface area contributed by atoms with Crippen LogP contribution in [0.5, 0.6) is 0 Å². The first kappa shape index (κ1) is 19.2. The summed E-state index contributed by atoms with van der Waals surface area (Å²) in [5.74, 6) is 1.23. The van der Waals surface area contributed by atoms with Gasteiger partial charge >= 0.3 is 0 Å². The predicted molar refractivity (Wildman–Crippen MR) is 109 cm³/mol. The summed E-state index contributed by atoms with van der Waals surface area (Å²) in [5.41, 5.74) is 2.17. The average Bonchev–Trinajstić information content (AvgIpc) is 3.23. The lowest BCUT2D eigenvalue weighted by Crippen LogP contribution is -2.07. The van der Waals surface area contributed by atoms with E-state index in [0.29, 0.717) is 17.0 Å². The second-order valence-corrected chi connectivity index (χ2v) is 9.33. The summed E-state index contributed by atoms with van der Waals surface area (Å²) in [6.45, 7) is 2.22. The van der Waals surface area contributed by atoms with Gasteiger partial charge in [0.2, 0.25) is 0 Å². The van der Waals surface area contributed by atoms with E-state index in [1.165, 1.54) is 51.4 Å². The molecule has 1 aromatic rings. The number of rotatable bonds is 7. The molecule has 0 aromatic heterocycles. The first-order chi connectivity index (χ1) is 13.2. The van der Waals surface area contributed by atoms with Crippen LogP contribution in [0.25, 0.3) is 5.57 Å². The topological polar surface area (TPSA) is 0 Å². The molecule has 0 saturated heterocycles. The Morgan fingerprint density at radius 3 is 2.52 bits per heavy atom. The Labute approximate surface area is 163 Å². The van der Waals surface area contributed by atoms with Gasteiger partial charge in [0.25, 0.3) is 0 Å². The van der Waals surface area contributed by atoms with E-state index in [2.05, 4.69) is 13.0 Å². The highest BCUT2D eigenvalue weighted by atomic mass is 19.2. The van der Waals surface area contributed by atoms with Crippen LogP contribution in [0.4, 0.5) is 8.78 Å². The Bertz CT molecular complexity index is 684. The van der Waals surface area contributed by atoms with Gasteiger partial charge in [-0.25, -0.2) is 8.78 Å². The van der Waals surface area contributed by atoms with Gasteiger partial charge in [-0.15, -0.1) is 0 Å². The summed E-state index contributed by atoms with van der Waals surface area (Å²) in [6.07, 6.45) is 16.6. The fourth-order valence-electron chi connectivity index (χ4n) is 5.55. The molecule has 0 spiro atoms. The molecule has 0 aliphatic heterocycles. The molecule has 0 N–H and O–H groups in total. The van der Waals surface area contributed by atoms with E-state index in [-0.39, 0.29) is 5.92 Å². The molecule has 2 fully saturated rings. The molecule has 27 heavy (non-hydrogen) atoms. The maximum atomic E-state index is 14.9. The molecule has 2 saturated carbocycles. The van der Waals surface area contributed by atoms with Crippen LogP contribution in [0.1, 0.15) is 101 Å². The lowest BCUT2D eigenvalue weighted by atomic mass is 9.83. The van der Waals surface area contributed by atoms with Crippen LogP contribution < -0.4 is 0 Å². The zero-order chi connectivity index (χ0) is 18.8. The third-order valence-electron chi connectivity index (χ3n) is 7.38. The standard InChI is InChI=1S/C25H34F2/c1-2-3-6-17-9-11-19(12-10-17)21-13-14-22(25(27)24(21)26)23-16-20(23)15-18-7-4-5-8-18/h11,13-14,17-18,20,23H,2-10,12,15-16H2,1H3. The van der Waals surface area contributed by atoms with Crippen molar-refractivity contribution >= 4 is 5.57 Å². The first-order valence-corrected chi connectivity index (χ1v) is 11.3. The molecular weight excluding hydrogens is 338 g/mol. The van der Waals surface area contributed by atoms with Gasteiger partial charge < -0.3 is 0 Å². The fraction of sp³-hybridized carbons (Fsp3) is 0.680. The molecule has 3 atom stereocenters. The highest BCUT2D eigenvalue weighted by Crippen LogP contribution is 2.53. The molecule has 0 heterocycles. The normalized spacial score (nSPS) is 28.4. The van der Waals surface area contributed by atoms with E-state index in [9.17, 15) is 8.78 Å². The number of halogens is 2. The van der Waals surface area contributed by atoms with Crippen molar-refractivity contribution in [1.29, 1.82) is 0 Å². The summed E-state index contributed by atoms with van der Waals surface area (Å²) in [6, 6.07) is 3.74. The van der Waals surface area contributed by atoms with E-state index in [1.54, 1.807) is 0 Å². The Balaban J connectivity index is 1.41. The van der Waals surface area contributed by atoms with E-state index >= 15 is 0 Å². The highest BCUT2D eigenvalue weighted by molar-refractivity contribution is 5.67. The number of hydrogen-bond donors (Lipinski definition) is 0. The highest BCUT2D eigenvalue weighted by Gasteiger charge is 2.42. The van der Waals surface area contributed by atoms with Crippen molar-refractivity contribution in [3.05, 3.63) is 41.0 Å². The number of hydrogen-bond acceptors (Lipinski definition) is 0. The van der Waals surface area contributed by atoms with Crippen LogP contribution in [0.15, 0.2) is 18.2 Å².